The molecular formula is C11H20. The predicted molar refractivity (Wildman–Crippen MR) is 48.5 cm³/mol. The average Bonchev–Trinajstić information content (AvgIpc) is 2.71. The zero-order chi connectivity index (χ0) is 8.33. The third-order valence-electron chi connectivity index (χ3n) is 5.18. The summed E-state index contributed by atoms with van der Waals surface area (Å²) in [5.41, 5.74) is 2.31. The van der Waals surface area contributed by atoms with Gasteiger partial charge in [-0.15, -0.1) is 0 Å². The van der Waals surface area contributed by atoms with Crippen molar-refractivity contribution in [1.82, 2.24) is 0 Å². The smallest absolute Gasteiger partial charge is 0.0173 e. The molecule has 2 aliphatic carbocycles. The lowest BCUT2D eigenvalue weighted by atomic mass is 9.82. The molecule has 0 spiro atoms. The molecule has 0 nitrogen and oxygen atoms in total. The maximum absolute atomic E-state index is 2.49. The Bertz CT molecular complexity index is 196. The van der Waals surface area contributed by atoms with E-state index in [1.54, 1.807) is 0 Å². The molecule has 0 radical (unpaired) electrons. The van der Waals surface area contributed by atoms with Crippen LogP contribution in [-0.2, 0) is 0 Å². The molecule has 64 valence electrons. The Balaban J connectivity index is 2.12. The zero-order valence-corrected chi connectivity index (χ0v) is 8.33. The van der Waals surface area contributed by atoms with Gasteiger partial charge in [0.05, 0.1) is 0 Å². The molecule has 0 heterocycles. The summed E-state index contributed by atoms with van der Waals surface area (Å²) in [5, 5.41) is 0. The highest BCUT2D eigenvalue weighted by molar-refractivity contribution is 5.40. The van der Waals surface area contributed by atoms with Gasteiger partial charge in [0.15, 0.2) is 0 Å². The summed E-state index contributed by atoms with van der Waals surface area (Å²) in [4.78, 5) is 0. The molecular weight excluding hydrogens is 132 g/mol. The molecule has 0 aromatic rings. The molecule has 3 unspecified atom stereocenters. The van der Waals surface area contributed by atoms with E-state index in [1.165, 1.54) is 25.7 Å². The van der Waals surface area contributed by atoms with E-state index in [0.717, 1.165) is 16.2 Å². The van der Waals surface area contributed by atoms with Gasteiger partial charge in [-0.2, -0.15) is 0 Å². The molecule has 0 aromatic carbocycles. The standard InChI is InChI=1S/C11H20/c1-5-7-11-8-10(11,4)9(11,3)6-2/h5-8H2,1-4H3. The highest BCUT2D eigenvalue weighted by atomic mass is 15.0. The number of hydrogen-bond acceptors (Lipinski definition) is 0. The SMILES string of the molecule is CCCC12CC1(C)C2(C)CC. The van der Waals surface area contributed by atoms with E-state index in [-0.39, 0.29) is 0 Å². The lowest BCUT2D eigenvalue weighted by Gasteiger charge is -2.22. The van der Waals surface area contributed by atoms with Gasteiger partial charge in [0.2, 0.25) is 0 Å². The van der Waals surface area contributed by atoms with Gasteiger partial charge in [-0.25, -0.2) is 0 Å². The highest BCUT2D eigenvalue weighted by Crippen LogP contribution is 2.99. The van der Waals surface area contributed by atoms with E-state index >= 15 is 0 Å². The summed E-state index contributed by atoms with van der Waals surface area (Å²) in [6.07, 6.45) is 5.78. The molecule has 0 bridgehead atoms. The van der Waals surface area contributed by atoms with Crippen molar-refractivity contribution in [2.75, 3.05) is 0 Å². The van der Waals surface area contributed by atoms with E-state index in [1.807, 2.05) is 0 Å². The van der Waals surface area contributed by atoms with E-state index in [2.05, 4.69) is 27.7 Å². The van der Waals surface area contributed by atoms with Crippen LogP contribution in [0.1, 0.15) is 53.4 Å². The average molecular weight is 152 g/mol. The van der Waals surface area contributed by atoms with Gasteiger partial charge >= 0.3 is 0 Å². The van der Waals surface area contributed by atoms with Crippen LogP contribution in [0, 0.1) is 16.2 Å². The van der Waals surface area contributed by atoms with E-state index in [9.17, 15) is 0 Å². The molecule has 2 saturated carbocycles. The summed E-state index contributed by atoms with van der Waals surface area (Å²) in [7, 11) is 0. The fourth-order valence-electron chi connectivity index (χ4n) is 3.91. The van der Waals surface area contributed by atoms with Crippen molar-refractivity contribution in [3.63, 3.8) is 0 Å². The van der Waals surface area contributed by atoms with Crippen LogP contribution in [0.15, 0.2) is 0 Å². The largest absolute Gasteiger partial charge is 0.0654 e. The Hall–Kier alpha value is 0. The molecule has 0 saturated heterocycles. The number of fused-ring (bicyclic) bond motifs is 1. The maximum atomic E-state index is 2.49. The summed E-state index contributed by atoms with van der Waals surface area (Å²) in [6, 6.07) is 0. The first kappa shape index (κ1) is 7.64. The van der Waals surface area contributed by atoms with Crippen molar-refractivity contribution in [1.29, 1.82) is 0 Å². The van der Waals surface area contributed by atoms with Crippen molar-refractivity contribution in [3.05, 3.63) is 0 Å². The van der Waals surface area contributed by atoms with Crippen LogP contribution < -0.4 is 0 Å². The number of hydrogen-bond donors (Lipinski definition) is 0. The van der Waals surface area contributed by atoms with Crippen LogP contribution in [0.4, 0.5) is 0 Å². The molecule has 0 amide bonds. The van der Waals surface area contributed by atoms with Crippen LogP contribution in [0.3, 0.4) is 0 Å². The van der Waals surface area contributed by atoms with Gasteiger partial charge in [-0.1, -0.05) is 34.1 Å². The molecule has 0 aliphatic heterocycles. The molecule has 3 atom stereocenters. The van der Waals surface area contributed by atoms with Crippen molar-refractivity contribution in [3.8, 4) is 0 Å². The van der Waals surface area contributed by atoms with Gasteiger partial charge in [0.25, 0.3) is 0 Å². The fraction of sp³-hybridized carbons (Fsp3) is 1.00. The molecule has 0 heteroatoms. The van der Waals surface area contributed by atoms with Gasteiger partial charge < -0.3 is 0 Å². The monoisotopic (exact) mass is 152 g/mol. The van der Waals surface area contributed by atoms with Gasteiger partial charge in [-0.05, 0) is 35.5 Å². The van der Waals surface area contributed by atoms with Crippen molar-refractivity contribution >= 4 is 0 Å². The van der Waals surface area contributed by atoms with Crippen LogP contribution in [0.25, 0.3) is 0 Å². The molecule has 2 fully saturated rings. The first-order valence-corrected chi connectivity index (χ1v) is 5.08. The predicted octanol–water partition coefficient (Wildman–Crippen LogP) is 3.61. The van der Waals surface area contributed by atoms with E-state index < -0.39 is 0 Å². The summed E-state index contributed by atoms with van der Waals surface area (Å²) >= 11 is 0. The normalized spacial score (nSPS) is 58.9. The first-order chi connectivity index (χ1) is 5.08. The van der Waals surface area contributed by atoms with Crippen LogP contribution in [0.5, 0.6) is 0 Å². The Morgan fingerprint density at radius 3 is 2.09 bits per heavy atom. The van der Waals surface area contributed by atoms with E-state index in [4.69, 9.17) is 0 Å². The third-order valence-corrected chi connectivity index (χ3v) is 5.18. The third kappa shape index (κ3) is 0.494. The molecule has 0 N–H and O–H groups in total. The summed E-state index contributed by atoms with van der Waals surface area (Å²) in [5.74, 6) is 0. The van der Waals surface area contributed by atoms with Crippen molar-refractivity contribution in [2.45, 2.75) is 53.4 Å². The minimum absolute atomic E-state index is 0.732. The number of rotatable bonds is 3. The maximum Gasteiger partial charge on any atom is -0.0173 e. The minimum Gasteiger partial charge on any atom is -0.0654 e. The zero-order valence-electron chi connectivity index (χ0n) is 8.33. The Morgan fingerprint density at radius 1 is 1.18 bits per heavy atom. The van der Waals surface area contributed by atoms with Crippen molar-refractivity contribution in [2.24, 2.45) is 16.2 Å². The molecule has 2 rings (SSSR count). The summed E-state index contributed by atoms with van der Waals surface area (Å²) in [6.45, 7) is 9.66. The van der Waals surface area contributed by atoms with Gasteiger partial charge in [0, 0.05) is 0 Å². The van der Waals surface area contributed by atoms with E-state index in [0.29, 0.717) is 0 Å². The topological polar surface area (TPSA) is 0 Å². The van der Waals surface area contributed by atoms with Gasteiger partial charge in [0.1, 0.15) is 0 Å². The minimum atomic E-state index is 0.732. The molecule has 2 aliphatic rings. The second-order valence-electron chi connectivity index (χ2n) is 5.03. The molecule has 11 heavy (non-hydrogen) atoms. The Kier molecular flexibility index (Phi) is 1.16. The van der Waals surface area contributed by atoms with Gasteiger partial charge in [-0.3, -0.25) is 0 Å². The fourth-order valence-corrected chi connectivity index (χ4v) is 3.91. The molecule has 0 aromatic heterocycles. The van der Waals surface area contributed by atoms with Crippen LogP contribution in [0.2, 0.25) is 0 Å². The lowest BCUT2D eigenvalue weighted by Crippen LogP contribution is -2.13. The first-order valence-electron chi connectivity index (χ1n) is 5.08. The lowest BCUT2D eigenvalue weighted by molar-refractivity contribution is 0.272. The Morgan fingerprint density at radius 2 is 1.82 bits per heavy atom. The highest BCUT2D eigenvalue weighted by Gasteiger charge is 2.92. The second-order valence-corrected chi connectivity index (χ2v) is 5.03. The quantitative estimate of drug-likeness (QED) is 0.579. The summed E-state index contributed by atoms with van der Waals surface area (Å²) < 4.78 is 0. The Labute approximate surface area is 70.4 Å². The van der Waals surface area contributed by atoms with Crippen molar-refractivity contribution < 1.29 is 0 Å². The van der Waals surface area contributed by atoms with Crippen LogP contribution in [-0.4, -0.2) is 0 Å². The van der Waals surface area contributed by atoms with Crippen LogP contribution >= 0.6 is 0 Å². The second kappa shape index (κ2) is 1.67.